The third kappa shape index (κ3) is 2.37. The predicted molar refractivity (Wildman–Crippen MR) is 48.2 cm³/mol. The van der Waals surface area contributed by atoms with Crippen LogP contribution in [0.5, 0.6) is 0 Å². The third-order valence-corrected chi connectivity index (χ3v) is 1.87. The van der Waals surface area contributed by atoms with Gasteiger partial charge in [-0.25, -0.2) is 0 Å². The van der Waals surface area contributed by atoms with Crippen molar-refractivity contribution < 1.29 is 0 Å². The van der Waals surface area contributed by atoms with Gasteiger partial charge in [-0.15, -0.1) is 11.3 Å². The van der Waals surface area contributed by atoms with Crippen molar-refractivity contribution in [3.63, 3.8) is 0 Å². The summed E-state index contributed by atoms with van der Waals surface area (Å²) in [6.45, 7) is 6.02. The van der Waals surface area contributed by atoms with E-state index in [0.717, 1.165) is 5.69 Å². The monoisotopic (exact) mass is 158 g/mol. The van der Waals surface area contributed by atoms with Crippen LogP contribution < -0.4 is 11.3 Å². The third-order valence-electron chi connectivity index (χ3n) is 1.01. The van der Waals surface area contributed by atoms with Crippen LogP contribution in [0.15, 0.2) is 10.8 Å². The van der Waals surface area contributed by atoms with Crippen molar-refractivity contribution in [3.05, 3.63) is 16.3 Å². The molecule has 1 aromatic rings. The number of thiophene rings is 1. The summed E-state index contributed by atoms with van der Waals surface area (Å²) in [6.07, 6.45) is 0. The van der Waals surface area contributed by atoms with E-state index in [1.165, 1.54) is 5.56 Å². The van der Waals surface area contributed by atoms with Gasteiger partial charge in [0, 0.05) is 5.38 Å². The number of hydrazine groups is 1. The number of hydrogen-bond acceptors (Lipinski definition) is 3. The van der Waals surface area contributed by atoms with Gasteiger partial charge in [0.1, 0.15) is 0 Å². The molecule has 3 heteroatoms. The molecule has 0 aliphatic rings. The standard InChI is InChI=1S/C5H8N2S.C2H6/c1-4-2-8-3-5(4)7-6;1-2/h2-3,7H,6H2,1H3;1-2H3. The predicted octanol–water partition coefficient (Wildman–Crippen LogP) is 2.37. The lowest BCUT2D eigenvalue weighted by molar-refractivity contribution is 1.34. The van der Waals surface area contributed by atoms with Gasteiger partial charge in [0.05, 0.1) is 5.69 Å². The maximum Gasteiger partial charge on any atom is 0.0621 e. The van der Waals surface area contributed by atoms with E-state index in [4.69, 9.17) is 5.84 Å². The average molecular weight is 158 g/mol. The number of hydrogen-bond donors (Lipinski definition) is 2. The minimum Gasteiger partial charge on any atom is -0.323 e. The smallest absolute Gasteiger partial charge is 0.0621 e. The van der Waals surface area contributed by atoms with Crippen LogP contribution in [0.4, 0.5) is 5.69 Å². The molecule has 0 bridgehead atoms. The lowest BCUT2D eigenvalue weighted by atomic mass is 10.3. The van der Waals surface area contributed by atoms with Crippen LogP contribution in [0.3, 0.4) is 0 Å². The molecule has 2 nitrogen and oxygen atoms in total. The Morgan fingerprint density at radius 3 is 2.20 bits per heavy atom. The first-order valence-corrected chi connectivity index (χ1v) is 4.28. The molecule has 1 heterocycles. The van der Waals surface area contributed by atoms with Gasteiger partial charge in [-0.05, 0) is 17.9 Å². The summed E-state index contributed by atoms with van der Waals surface area (Å²) in [5, 5.41) is 4.03. The Morgan fingerprint density at radius 2 is 2.00 bits per heavy atom. The maximum absolute atomic E-state index is 5.15. The van der Waals surface area contributed by atoms with Crippen LogP contribution in [-0.4, -0.2) is 0 Å². The Bertz CT molecular complexity index is 172. The van der Waals surface area contributed by atoms with Crippen molar-refractivity contribution in [1.29, 1.82) is 0 Å². The fourth-order valence-electron chi connectivity index (χ4n) is 0.508. The fourth-order valence-corrected chi connectivity index (χ4v) is 1.30. The highest BCUT2D eigenvalue weighted by Crippen LogP contribution is 2.17. The molecule has 0 atom stereocenters. The van der Waals surface area contributed by atoms with Crippen LogP contribution in [-0.2, 0) is 0 Å². The highest BCUT2D eigenvalue weighted by atomic mass is 32.1. The molecule has 0 saturated carbocycles. The summed E-state index contributed by atoms with van der Waals surface area (Å²) in [5.41, 5.74) is 4.81. The van der Waals surface area contributed by atoms with Crippen LogP contribution in [0.1, 0.15) is 19.4 Å². The Hall–Kier alpha value is -0.540. The molecule has 58 valence electrons. The second kappa shape index (κ2) is 5.26. The molecular formula is C7H14N2S. The van der Waals surface area contributed by atoms with Gasteiger partial charge in [0.15, 0.2) is 0 Å². The Kier molecular flexibility index (Phi) is 4.98. The molecule has 1 aromatic heterocycles. The molecule has 0 saturated heterocycles. The van der Waals surface area contributed by atoms with Gasteiger partial charge in [-0.2, -0.15) is 0 Å². The second-order valence-electron chi connectivity index (χ2n) is 1.61. The number of rotatable bonds is 1. The highest BCUT2D eigenvalue weighted by molar-refractivity contribution is 7.08. The topological polar surface area (TPSA) is 38.0 Å². The molecule has 0 spiro atoms. The minimum absolute atomic E-state index is 1.02. The number of aryl methyl sites for hydroxylation is 1. The number of nitrogens with one attached hydrogen (secondary N) is 1. The summed E-state index contributed by atoms with van der Waals surface area (Å²) in [5.74, 6) is 5.15. The Morgan fingerprint density at radius 1 is 1.40 bits per heavy atom. The molecule has 3 N–H and O–H groups in total. The fraction of sp³-hybridized carbons (Fsp3) is 0.429. The molecule has 0 fully saturated rings. The second-order valence-corrected chi connectivity index (χ2v) is 2.36. The average Bonchev–Trinajstić information content (AvgIpc) is 2.39. The van der Waals surface area contributed by atoms with Gasteiger partial charge in [-0.3, -0.25) is 5.84 Å². The lowest BCUT2D eigenvalue weighted by Gasteiger charge is -1.92. The van der Waals surface area contributed by atoms with E-state index in [9.17, 15) is 0 Å². The lowest BCUT2D eigenvalue weighted by Crippen LogP contribution is -2.06. The van der Waals surface area contributed by atoms with Crippen LogP contribution >= 0.6 is 11.3 Å². The van der Waals surface area contributed by atoms with E-state index in [-0.39, 0.29) is 0 Å². The van der Waals surface area contributed by atoms with Crippen molar-refractivity contribution in [2.75, 3.05) is 5.43 Å². The van der Waals surface area contributed by atoms with Gasteiger partial charge < -0.3 is 5.43 Å². The van der Waals surface area contributed by atoms with Crippen molar-refractivity contribution >= 4 is 17.0 Å². The number of nitrogen functional groups attached to an aromatic ring is 1. The summed E-state index contributed by atoms with van der Waals surface area (Å²) < 4.78 is 0. The first-order chi connectivity index (χ1) is 4.84. The quantitative estimate of drug-likeness (QED) is 0.486. The zero-order chi connectivity index (χ0) is 7.98. The van der Waals surface area contributed by atoms with Crippen LogP contribution in [0.25, 0.3) is 0 Å². The van der Waals surface area contributed by atoms with Crippen molar-refractivity contribution in [1.82, 2.24) is 0 Å². The minimum atomic E-state index is 1.02. The van der Waals surface area contributed by atoms with E-state index in [1.807, 2.05) is 26.2 Å². The summed E-state index contributed by atoms with van der Waals surface area (Å²) >= 11 is 1.65. The molecule has 0 unspecified atom stereocenters. The molecule has 10 heavy (non-hydrogen) atoms. The number of nitrogens with two attached hydrogens (primary N) is 1. The largest absolute Gasteiger partial charge is 0.323 e. The Balaban J connectivity index is 0.000000371. The highest BCUT2D eigenvalue weighted by Gasteiger charge is 1.91. The van der Waals surface area contributed by atoms with E-state index < -0.39 is 0 Å². The van der Waals surface area contributed by atoms with Crippen molar-refractivity contribution in [2.24, 2.45) is 5.84 Å². The van der Waals surface area contributed by atoms with Crippen molar-refractivity contribution in [3.8, 4) is 0 Å². The first-order valence-electron chi connectivity index (χ1n) is 3.34. The van der Waals surface area contributed by atoms with Gasteiger partial charge in [-0.1, -0.05) is 13.8 Å². The Labute approximate surface area is 66.0 Å². The summed E-state index contributed by atoms with van der Waals surface area (Å²) in [4.78, 5) is 0. The van der Waals surface area contributed by atoms with E-state index in [0.29, 0.717) is 0 Å². The molecule has 0 amide bonds. The van der Waals surface area contributed by atoms with Gasteiger partial charge in [0.25, 0.3) is 0 Å². The molecule has 0 aromatic carbocycles. The first kappa shape index (κ1) is 9.46. The van der Waals surface area contributed by atoms with Gasteiger partial charge in [0.2, 0.25) is 0 Å². The zero-order valence-corrected chi connectivity index (χ0v) is 7.46. The normalized spacial score (nSPS) is 8.00. The molecule has 1 rings (SSSR count). The van der Waals surface area contributed by atoms with E-state index >= 15 is 0 Å². The van der Waals surface area contributed by atoms with Gasteiger partial charge >= 0.3 is 0 Å². The molecular weight excluding hydrogens is 144 g/mol. The molecule has 0 radical (unpaired) electrons. The van der Waals surface area contributed by atoms with E-state index in [1.54, 1.807) is 11.3 Å². The van der Waals surface area contributed by atoms with Crippen LogP contribution in [0, 0.1) is 6.92 Å². The molecule has 0 aliphatic carbocycles. The van der Waals surface area contributed by atoms with Crippen molar-refractivity contribution in [2.45, 2.75) is 20.8 Å². The summed E-state index contributed by atoms with van der Waals surface area (Å²) in [6, 6.07) is 0. The zero-order valence-electron chi connectivity index (χ0n) is 6.64. The SMILES string of the molecule is CC.Cc1cscc1NN. The maximum atomic E-state index is 5.15. The summed E-state index contributed by atoms with van der Waals surface area (Å²) in [7, 11) is 0. The van der Waals surface area contributed by atoms with E-state index in [2.05, 4.69) is 10.8 Å². The number of anilines is 1. The molecule has 0 aliphatic heterocycles. The van der Waals surface area contributed by atoms with Crippen LogP contribution in [0.2, 0.25) is 0 Å².